The number of hydrogen-bond acceptors (Lipinski definition) is 4. The number of carbonyl (C=O) groups is 1. The van der Waals surface area contributed by atoms with Crippen molar-refractivity contribution in [1.82, 2.24) is 15.3 Å². The topological polar surface area (TPSA) is 98.2 Å². The Morgan fingerprint density at radius 2 is 1.81 bits per heavy atom. The van der Waals surface area contributed by atoms with Gasteiger partial charge in [-0.05, 0) is 48.2 Å². The Hall–Kier alpha value is -3.48. The lowest BCUT2D eigenvalue weighted by Crippen LogP contribution is -2.44. The molecule has 0 fully saturated rings. The van der Waals surface area contributed by atoms with E-state index in [2.05, 4.69) is 41.5 Å². The number of nitrogens with zero attached hydrogens (tertiary/aromatic N) is 1. The number of hydrogen-bond donors (Lipinski definition) is 4. The summed E-state index contributed by atoms with van der Waals surface area (Å²) < 4.78 is 0. The minimum absolute atomic E-state index is 0.322. The minimum Gasteiger partial charge on any atom is -0.480 e. The lowest BCUT2D eigenvalue weighted by Gasteiger charge is -2.16. The Balaban J connectivity index is 1.63. The Kier molecular flexibility index (Phi) is 5.84. The Morgan fingerprint density at radius 3 is 2.52 bits per heavy atom. The smallest absolute Gasteiger partial charge is 0.323 e. The maximum absolute atomic E-state index is 11.3. The first kappa shape index (κ1) is 20.8. The van der Waals surface area contributed by atoms with Gasteiger partial charge in [0.1, 0.15) is 11.9 Å². The molecule has 0 amide bonds. The number of rotatable bonds is 7. The number of aromatic nitrogens is 2. The SMILES string of the molecule is Cc1c(-c2ccccc2)cccc1-c1nc2cc(CN[C@@H](C(=O)O)[C@@H](C)O)ccc2[nH]1. The molecule has 0 aliphatic carbocycles. The molecule has 158 valence electrons. The molecular formula is C25H25N3O3. The molecule has 0 unspecified atom stereocenters. The van der Waals surface area contributed by atoms with Gasteiger partial charge in [0.2, 0.25) is 0 Å². The van der Waals surface area contributed by atoms with E-state index in [1.54, 1.807) is 0 Å². The van der Waals surface area contributed by atoms with Crippen LogP contribution in [0.25, 0.3) is 33.5 Å². The Labute approximate surface area is 180 Å². The second-order valence-corrected chi connectivity index (χ2v) is 7.72. The molecule has 4 aromatic rings. The summed E-state index contributed by atoms with van der Waals surface area (Å²) in [6.07, 6.45) is -0.988. The number of aromatic amines is 1. The number of benzene rings is 3. The van der Waals surface area contributed by atoms with Crippen LogP contribution in [0, 0.1) is 6.92 Å². The van der Waals surface area contributed by atoms with E-state index < -0.39 is 18.1 Å². The fourth-order valence-corrected chi connectivity index (χ4v) is 3.80. The number of fused-ring (bicyclic) bond motifs is 1. The van der Waals surface area contributed by atoms with Crippen molar-refractivity contribution in [3.8, 4) is 22.5 Å². The van der Waals surface area contributed by atoms with Crippen LogP contribution >= 0.6 is 0 Å². The molecule has 2 atom stereocenters. The van der Waals surface area contributed by atoms with E-state index in [1.165, 1.54) is 12.5 Å². The van der Waals surface area contributed by atoms with E-state index >= 15 is 0 Å². The quantitative estimate of drug-likeness (QED) is 0.364. The van der Waals surface area contributed by atoms with Crippen LogP contribution in [0.4, 0.5) is 0 Å². The monoisotopic (exact) mass is 415 g/mol. The third-order valence-electron chi connectivity index (χ3n) is 5.50. The first-order chi connectivity index (χ1) is 14.9. The summed E-state index contributed by atoms with van der Waals surface area (Å²) in [5, 5.41) is 21.7. The third kappa shape index (κ3) is 4.35. The van der Waals surface area contributed by atoms with Crippen LogP contribution in [0.15, 0.2) is 66.7 Å². The molecule has 1 aromatic heterocycles. The van der Waals surface area contributed by atoms with Crippen molar-refractivity contribution in [2.24, 2.45) is 0 Å². The summed E-state index contributed by atoms with van der Waals surface area (Å²) in [6.45, 7) is 3.88. The van der Waals surface area contributed by atoms with E-state index in [1.807, 2.05) is 42.5 Å². The first-order valence-corrected chi connectivity index (χ1v) is 10.2. The normalized spacial score (nSPS) is 13.3. The van der Waals surface area contributed by atoms with Crippen molar-refractivity contribution in [3.63, 3.8) is 0 Å². The fraction of sp³-hybridized carbons (Fsp3) is 0.200. The zero-order valence-electron chi connectivity index (χ0n) is 17.5. The predicted molar refractivity (Wildman–Crippen MR) is 122 cm³/mol. The molecular weight excluding hydrogens is 390 g/mol. The van der Waals surface area contributed by atoms with Gasteiger partial charge in [-0.1, -0.05) is 54.6 Å². The van der Waals surface area contributed by atoms with Gasteiger partial charge in [0.25, 0.3) is 0 Å². The molecule has 3 aromatic carbocycles. The van der Waals surface area contributed by atoms with Crippen LogP contribution in [-0.2, 0) is 11.3 Å². The van der Waals surface area contributed by atoms with E-state index in [-0.39, 0.29) is 0 Å². The Morgan fingerprint density at radius 1 is 1.06 bits per heavy atom. The molecule has 0 spiro atoms. The van der Waals surface area contributed by atoms with Gasteiger partial charge in [0.05, 0.1) is 17.1 Å². The van der Waals surface area contributed by atoms with Crippen molar-refractivity contribution in [1.29, 1.82) is 0 Å². The van der Waals surface area contributed by atoms with Crippen LogP contribution in [0.2, 0.25) is 0 Å². The number of carboxylic acids is 1. The largest absolute Gasteiger partial charge is 0.480 e. The first-order valence-electron chi connectivity index (χ1n) is 10.2. The number of imidazole rings is 1. The van der Waals surface area contributed by atoms with Crippen molar-refractivity contribution in [2.75, 3.05) is 0 Å². The molecule has 4 N–H and O–H groups in total. The molecule has 1 heterocycles. The molecule has 0 bridgehead atoms. The summed E-state index contributed by atoms with van der Waals surface area (Å²) >= 11 is 0. The molecule has 0 aliphatic heterocycles. The van der Waals surface area contributed by atoms with Gasteiger partial charge in [-0.2, -0.15) is 0 Å². The van der Waals surface area contributed by atoms with Gasteiger partial charge in [-0.25, -0.2) is 4.98 Å². The molecule has 0 saturated heterocycles. The Bertz CT molecular complexity index is 1220. The zero-order valence-corrected chi connectivity index (χ0v) is 17.5. The number of aliphatic hydroxyl groups is 1. The highest BCUT2D eigenvalue weighted by molar-refractivity contribution is 5.83. The van der Waals surface area contributed by atoms with E-state index in [0.29, 0.717) is 6.54 Å². The summed E-state index contributed by atoms with van der Waals surface area (Å²) in [5.74, 6) is -0.283. The van der Waals surface area contributed by atoms with Crippen LogP contribution in [0.3, 0.4) is 0 Å². The number of aliphatic hydroxyl groups excluding tert-OH is 1. The summed E-state index contributed by atoms with van der Waals surface area (Å²) in [4.78, 5) is 19.4. The molecule has 0 saturated carbocycles. The highest BCUT2D eigenvalue weighted by atomic mass is 16.4. The molecule has 0 aliphatic rings. The van der Waals surface area contributed by atoms with Crippen molar-refractivity contribution >= 4 is 17.0 Å². The standard InChI is InChI=1S/C25H25N3O3/c1-15-19(18-7-4-3-5-8-18)9-6-10-20(15)24-27-21-12-11-17(13-22(21)28-24)14-26-23(16(2)29)25(30)31/h3-13,16,23,26,29H,14H2,1-2H3,(H,27,28)(H,30,31)/t16-,23-/m1/s1. The number of nitrogens with one attached hydrogen (secondary N) is 2. The minimum atomic E-state index is -1.08. The van der Waals surface area contributed by atoms with Crippen molar-refractivity contribution in [3.05, 3.63) is 77.9 Å². The van der Waals surface area contributed by atoms with E-state index in [9.17, 15) is 15.0 Å². The molecule has 4 rings (SSSR count). The number of H-pyrrole nitrogens is 1. The third-order valence-corrected chi connectivity index (χ3v) is 5.50. The molecule has 31 heavy (non-hydrogen) atoms. The number of aliphatic carboxylic acids is 1. The number of carboxylic acid groups (broad SMARTS) is 1. The fourth-order valence-electron chi connectivity index (χ4n) is 3.80. The van der Waals surface area contributed by atoms with Crippen molar-refractivity contribution in [2.45, 2.75) is 32.5 Å². The maximum atomic E-state index is 11.3. The van der Waals surface area contributed by atoms with Crippen LogP contribution in [0.1, 0.15) is 18.1 Å². The molecule has 0 radical (unpaired) electrons. The van der Waals surface area contributed by atoms with E-state index in [0.717, 1.165) is 39.1 Å². The average molecular weight is 415 g/mol. The van der Waals surface area contributed by atoms with Gasteiger partial charge in [-0.15, -0.1) is 0 Å². The van der Waals surface area contributed by atoms with Gasteiger partial charge in [0.15, 0.2) is 0 Å². The van der Waals surface area contributed by atoms with Gasteiger partial charge < -0.3 is 15.2 Å². The summed E-state index contributed by atoms with van der Waals surface area (Å²) in [5.41, 5.74) is 7.13. The highest BCUT2D eigenvalue weighted by Crippen LogP contribution is 2.31. The average Bonchev–Trinajstić information content (AvgIpc) is 3.17. The predicted octanol–water partition coefficient (Wildman–Crippen LogP) is 4.13. The highest BCUT2D eigenvalue weighted by Gasteiger charge is 2.22. The van der Waals surface area contributed by atoms with Gasteiger partial charge in [0, 0.05) is 12.1 Å². The van der Waals surface area contributed by atoms with Gasteiger partial charge in [-0.3, -0.25) is 10.1 Å². The molecule has 6 heteroatoms. The summed E-state index contributed by atoms with van der Waals surface area (Å²) in [6, 6.07) is 21.3. The maximum Gasteiger partial charge on any atom is 0.323 e. The second-order valence-electron chi connectivity index (χ2n) is 7.72. The van der Waals surface area contributed by atoms with Crippen LogP contribution in [0.5, 0.6) is 0 Å². The second kappa shape index (κ2) is 8.71. The van der Waals surface area contributed by atoms with Crippen molar-refractivity contribution < 1.29 is 15.0 Å². The van der Waals surface area contributed by atoms with Crippen LogP contribution < -0.4 is 5.32 Å². The van der Waals surface area contributed by atoms with E-state index in [4.69, 9.17) is 4.98 Å². The lowest BCUT2D eigenvalue weighted by atomic mass is 9.96. The summed E-state index contributed by atoms with van der Waals surface area (Å²) in [7, 11) is 0. The van der Waals surface area contributed by atoms with Gasteiger partial charge >= 0.3 is 5.97 Å². The van der Waals surface area contributed by atoms with Crippen LogP contribution in [-0.4, -0.2) is 38.3 Å². The molecule has 6 nitrogen and oxygen atoms in total. The lowest BCUT2D eigenvalue weighted by molar-refractivity contribution is -0.142. The zero-order chi connectivity index (χ0) is 22.0.